The molecule has 0 saturated carbocycles. The number of carbonyl (C=O) groups is 1. The first-order chi connectivity index (χ1) is 9.10. The van der Waals surface area contributed by atoms with E-state index in [4.69, 9.17) is 11.0 Å². The summed E-state index contributed by atoms with van der Waals surface area (Å²) in [6, 6.07) is 8.77. The minimum atomic E-state index is -0.158. The number of hydrogen-bond acceptors (Lipinski definition) is 5. The van der Waals surface area contributed by atoms with Gasteiger partial charge in [0.15, 0.2) is 0 Å². The van der Waals surface area contributed by atoms with E-state index in [1.54, 1.807) is 31.3 Å². The molecule has 2 N–H and O–H groups in total. The normalized spacial score (nSPS) is 9.89. The first kappa shape index (κ1) is 12.6. The number of carbonyl (C=O) groups excluding carboxylic acids is 1. The van der Waals surface area contributed by atoms with Gasteiger partial charge < -0.3 is 10.6 Å². The van der Waals surface area contributed by atoms with Crippen LogP contribution in [0.5, 0.6) is 0 Å². The van der Waals surface area contributed by atoms with Crippen molar-refractivity contribution in [2.75, 3.05) is 17.7 Å². The number of rotatable bonds is 3. The minimum Gasteiger partial charge on any atom is -0.367 e. The van der Waals surface area contributed by atoms with Crippen molar-refractivity contribution >= 4 is 17.5 Å². The molecule has 7 nitrogen and oxygen atoms in total. The molecule has 0 aliphatic carbocycles. The lowest BCUT2D eigenvalue weighted by molar-refractivity contribution is -0.119. The third-order valence-corrected chi connectivity index (χ3v) is 2.61. The Bertz CT molecular complexity index is 624. The number of benzene rings is 1. The predicted molar refractivity (Wildman–Crippen MR) is 69.0 cm³/mol. The Morgan fingerprint density at radius 2 is 2.16 bits per heavy atom. The predicted octanol–water partition coefficient (Wildman–Crippen LogP) is 0.395. The number of nitriles is 1. The van der Waals surface area contributed by atoms with Crippen LogP contribution in [0.25, 0.3) is 0 Å². The summed E-state index contributed by atoms with van der Waals surface area (Å²) >= 11 is 0. The zero-order valence-electron chi connectivity index (χ0n) is 10.3. The van der Waals surface area contributed by atoms with Crippen LogP contribution in [0.15, 0.2) is 30.6 Å². The molecule has 0 aliphatic heterocycles. The maximum atomic E-state index is 12.0. The second-order valence-electron chi connectivity index (χ2n) is 3.91. The van der Waals surface area contributed by atoms with Gasteiger partial charge >= 0.3 is 0 Å². The van der Waals surface area contributed by atoms with Crippen LogP contribution >= 0.6 is 0 Å². The fraction of sp³-hybridized carbons (Fsp3) is 0.167. The fourth-order valence-corrected chi connectivity index (χ4v) is 1.53. The molecule has 19 heavy (non-hydrogen) atoms. The highest BCUT2D eigenvalue weighted by Gasteiger charge is 2.12. The average Bonchev–Trinajstić information content (AvgIpc) is 2.83. The Morgan fingerprint density at radius 3 is 2.68 bits per heavy atom. The Morgan fingerprint density at radius 1 is 1.47 bits per heavy atom. The standard InChI is InChI=1S/C12H12N6O/c1-17(10-4-2-9(6-13)3-5-10)11(19)7-18-8-15-12(14)16-18/h2-5,8H,7H2,1H3,(H2,14,16). The summed E-state index contributed by atoms with van der Waals surface area (Å²) < 4.78 is 1.37. The minimum absolute atomic E-state index is 0.0563. The van der Waals surface area contributed by atoms with Gasteiger partial charge in [0, 0.05) is 12.7 Å². The largest absolute Gasteiger partial charge is 0.367 e. The number of nitrogens with zero attached hydrogens (tertiary/aromatic N) is 5. The summed E-state index contributed by atoms with van der Waals surface area (Å²) in [5.74, 6) is -0.0246. The average molecular weight is 256 g/mol. The molecular weight excluding hydrogens is 244 g/mol. The summed E-state index contributed by atoms with van der Waals surface area (Å²) in [4.78, 5) is 17.2. The summed E-state index contributed by atoms with van der Waals surface area (Å²) in [7, 11) is 1.66. The van der Waals surface area contributed by atoms with Crippen LogP contribution < -0.4 is 10.6 Å². The smallest absolute Gasteiger partial charge is 0.248 e. The molecule has 2 aromatic rings. The zero-order valence-corrected chi connectivity index (χ0v) is 10.3. The molecule has 0 bridgehead atoms. The van der Waals surface area contributed by atoms with Crippen LogP contribution in [-0.4, -0.2) is 27.7 Å². The van der Waals surface area contributed by atoms with Gasteiger partial charge in [0.05, 0.1) is 11.6 Å². The van der Waals surface area contributed by atoms with Gasteiger partial charge in [0.2, 0.25) is 11.9 Å². The van der Waals surface area contributed by atoms with E-state index in [0.29, 0.717) is 11.3 Å². The number of likely N-dealkylation sites (N-methyl/N-ethyl adjacent to an activating group) is 1. The molecule has 96 valence electrons. The van der Waals surface area contributed by atoms with Crippen molar-refractivity contribution in [3.05, 3.63) is 36.2 Å². The maximum absolute atomic E-state index is 12.0. The summed E-state index contributed by atoms with van der Waals surface area (Å²) in [5, 5.41) is 12.6. The molecule has 1 heterocycles. The van der Waals surface area contributed by atoms with E-state index in [0.717, 1.165) is 0 Å². The van der Waals surface area contributed by atoms with Crippen molar-refractivity contribution in [2.45, 2.75) is 6.54 Å². The van der Waals surface area contributed by atoms with Gasteiger partial charge in [-0.25, -0.2) is 9.67 Å². The molecule has 7 heteroatoms. The summed E-state index contributed by atoms with van der Waals surface area (Å²) in [6.07, 6.45) is 1.40. The first-order valence-corrected chi connectivity index (χ1v) is 5.52. The summed E-state index contributed by atoms with van der Waals surface area (Å²) in [5.41, 5.74) is 6.63. The van der Waals surface area contributed by atoms with Gasteiger partial charge in [-0.3, -0.25) is 4.79 Å². The lowest BCUT2D eigenvalue weighted by Gasteiger charge is -2.17. The van der Waals surface area contributed by atoms with Gasteiger partial charge in [0.1, 0.15) is 12.9 Å². The van der Waals surface area contributed by atoms with Crippen LogP contribution in [0.3, 0.4) is 0 Å². The maximum Gasteiger partial charge on any atom is 0.248 e. The van der Waals surface area contributed by atoms with Gasteiger partial charge in [-0.2, -0.15) is 5.26 Å². The van der Waals surface area contributed by atoms with Crippen molar-refractivity contribution in [1.82, 2.24) is 14.8 Å². The second-order valence-corrected chi connectivity index (χ2v) is 3.91. The SMILES string of the molecule is CN(C(=O)Cn1cnc(N)n1)c1ccc(C#N)cc1. The van der Waals surface area contributed by atoms with E-state index in [-0.39, 0.29) is 18.4 Å². The lowest BCUT2D eigenvalue weighted by atomic mass is 10.2. The number of aromatic nitrogens is 3. The second kappa shape index (κ2) is 5.18. The van der Waals surface area contributed by atoms with Gasteiger partial charge in [-0.1, -0.05) is 0 Å². The quantitative estimate of drug-likeness (QED) is 0.856. The van der Waals surface area contributed by atoms with E-state index in [1.165, 1.54) is 15.9 Å². The zero-order chi connectivity index (χ0) is 13.8. The van der Waals surface area contributed by atoms with Crippen molar-refractivity contribution in [1.29, 1.82) is 5.26 Å². The van der Waals surface area contributed by atoms with E-state index < -0.39 is 0 Å². The number of nitrogen functional groups attached to an aromatic ring is 1. The molecule has 0 spiro atoms. The van der Waals surface area contributed by atoms with Crippen molar-refractivity contribution in [3.63, 3.8) is 0 Å². The van der Waals surface area contributed by atoms with Crippen molar-refractivity contribution in [2.24, 2.45) is 0 Å². The molecule has 1 aromatic heterocycles. The number of hydrogen-bond donors (Lipinski definition) is 1. The molecule has 1 aromatic carbocycles. The van der Waals surface area contributed by atoms with Crippen LogP contribution in [0.4, 0.5) is 11.6 Å². The third-order valence-electron chi connectivity index (χ3n) is 2.61. The van der Waals surface area contributed by atoms with Gasteiger partial charge in [0.25, 0.3) is 0 Å². The highest BCUT2D eigenvalue weighted by atomic mass is 16.2. The van der Waals surface area contributed by atoms with E-state index >= 15 is 0 Å². The van der Waals surface area contributed by atoms with Crippen molar-refractivity contribution in [3.8, 4) is 6.07 Å². The third kappa shape index (κ3) is 2.87. The van der Waals surface area contributed by atoms with E-state index in [9.17, 15) is 4.79 Å². The topological polar surface area (TPSA) is 101 Å². The molecule has 0 atom stereocenters. The molecule has 1 amide bonds. The van der Waals surface area contributed by atoms with Gasteiger partial charge in [-0.05, 0) is 24.3 Å². The first-order valence-electron chi connectivity index (χ1n) is 5.52. The highest BCUT2D eigenvalue weighted by Crippen LogP contribution is 2.13. The van der Waals surface area contributed by atoms with Crippen molar-refractivity contribution < 1.29 is 4.79 Å². The fourth-order valence-electron chi connectivity index (χ4n) is 1.53. The number of nitrogens with two attached hydrogens (primary N) is 1. The van der Waals surface area contributed by atoms with Crippen LogP contribution in [-0.2, 0) is 11.3 Å². The Labute approximate surface area is 109 Å². The Hall–Kier alpha value is -2.88. The highest BCUT2D eigenvalue weighted by molar-refractivity contribution is 5.92. The molecule has 0 radical (unpaired) electrons. The van der Waals surface area contributed by atoms with Gasteiger partial charge in [-0.15, -0.1) is 5.10 Å². The van der Waals surface area contributed by atoms with Crippen LogP contribution in [0, 0.1) is 11.3 Å². The molecule has 0 unspecified atom stereocenters. The molecule has 0 fully saturated rings. The Balaban J connectivity index is 2.08. The monoisotopic (exact) mass is 256 g/mol. The van der Waals surface area contributed by atoms with Crippen LogP contribution in [0.2, 0.25) is 0 Å². The number of anilines is 2. The van der Waals surface area contributed by atoms with E-state index in [1.807, 2.05) is 6.07 Å². The summed E-state index contributed by atoms with van der Waals surface area (Å²) in [6.45, 7) is 0.0563. The number of amides is 1. The van der Waals surface area contributed by atoms with Crippen LogP contribution in [0.1, 0.15) is 5.56 Å². The Kier molecular flexibility index (Phi) is 3.43. The molecule has 0 aliphatic rings. The molecular formula is C12H12N6O. The molecule has 2 rings (SSSR count). The molecule has 0 saturated heterocycles. The van der Waals surface area contributed by atoms with E-state index in [2.05, 4.69) is 10.1 Å². The lowest BCUT2D eigenvalue weighted by Crippen LogP contribution is -2.30.